The number of carbonyl (C=O) groups excluding carboxylic acids is 1. The third-order valence-electron chi connectivity index (χ3n) is 3.93. The van der Waals surface area contributed by atoms with Crippen molar-refractivity contribution in [2.45, 2.75) is 59.9 Å². The Morgan fingerprint density at radius 3 is 2.65 bits per heavy atom. The van der Waals surface area contributed by atoms with E-state index >= 15 is 0 Å². The van der Waals surface area contributed by atoms with Crippen molar-refractivity contribution < 1.29 is 4.79 Å². The Hall–Kier alpha value is -1.38. The normalized spacial score (nSPS) is 24.2. The molecule has 2 rings (SSSR count). The predicted molar refractivity (Wildman–Crippen MR) is 83.6 cm³/mol. The number of amides is 1. The number of nitrogens with zero attached hydrogens (tertiary/aromatic N) is 1. The fourth-order valence-corrected chi connectivity index (χ4v) is 2.91. The minimum atomic E-state index is -0.000318. The largest absolute Gasteiger partial charge is 0.349 e. The van der Waals surface area contributed by atoms with Crippen LogP contribution in [-0.2, 0) is 0 Å². The van der Waals surface area contributed by atoms with E-state index in [1.54, 1.807) is 24.5 Å². The summed E-state index contributed by atoms with van der Waals surface area (Å²) in [4.78, 5) is 16.0. The maximum absolute atomic E-state index is 12.1. The highest BCUT2D eigenvalue weighted by Crippen LogP contribution is 2.38. The summed E-state index contributed by atoms with van der Waals surface area (Å²) in [5, 5.41) is 3.14. The Morgan fingerprint density at radius 1 is 1.40 bits per heavy atom. The van der Waals surface area contributed by atoms with Crippen molar-refractivity contribution in [2.24, 2.45) is 11.3 Å². The van der Waals surface area contributed by atoms with Gasteiger partial charge in [-0.1, -0.05) is 34.6 Å². The van der Waals surface area contributed by atoms with E-state index in [0.29, 0.717) is 22.9 Å². The maximum atomic E-state index is 12.1. The highest BCUT2D eigenvalue weighted by molar-refractivity contribution is 5.94. The van der Waals surface area contributed by atoms with Crippen LogP contribution in [0, 0.1) is 11.3 Å². The van der Waals surface area contributed by atoms with Crippen LogP contribution in [0.5, 0.6) is 0 Å². The average Bonchev–Trinajstić information content (AvgIpc) is 2.44. The van der Waals surface area contributed by atoms with Gasteiger partial charge in [0.2, 0.25) is 0 Å². The van der Waals surface area contributed by atoms with Gasteiger partial charge in [0.05, 0.1) is 5.56 Å². The zero-order valence-corrected chi connectivity index (χ0v) is 13.4. The second-order valence-electron chi connectivity index (χ2n) is 6.21. The molecule has 2 atom stereocenters. The molecule has 1 aliphatic carbocycles. The Kier molecular flexibility index (Phi) is 6.18. The molecule has 3 heteroatoms. The number of rotatable bonds is 2. The number of pyridine rings is 1. The minimum Gasteiger partial charge on any atom is -0.349 e. The van der Waals surface area contributed by atoms with Crippen LogP contribution in [0.1, 0.15) is 64.2 Å². The quantitative estimate of drug-likeness (QED) is 0.885. The van der Waals surface area contributed by atoms with Crippen LogP contribution in [0.15, 0.2) is 24.5 Å². The molecule has 112 valence electrons. The summed E-state index contributed by atoms with van der Waals surface area (Å²) in [7, 11) is 0. The Bertz CT molecular complexity index is 414. The standard InChI is InChI=1S/C15H22N2O.C2H6/c1-11-9-15(2,3)7-6-13(11)17-14(18)12-5-4-8-16-10-12;1-2/h4-5,8,10-11,13H,6-7,9H2,1-3H3,(H,17,18);1-2H3. The summed E-state index contributed by atoms with van der Waals surface area (Å²) in [6.07, 6.45) is 6.72. The first-order chi connectivity index (χ1) is 9.48. The molecule has 0 spiro atoms. The number of hydrogen-bond donors (Lipinski definition) is 1. The van der Waals surface area contributed by atoms with Crippen molar-refractivity contribution in [2.75, 3.05) is 0 Å². The van der Waals surface area contributed by atoms with E-state index < -0.39 is 0 Å². The highest BCUT2D eigenvalue weighted by Gasteiger charge is 2.33. The summed E-state index contributed by atoms with van der Waals surface area (Å²) < 4.78 is 0. The second kappa shape index (κ2) is 7.41. The van der Waals surface area contributed by atoms with Crippen molar-refractivity contribution in [1.29, 1.82) is 0 Å². The summed E-state index contributed by atoms with van der Waals surface area (Å²) in [6.45, 7) is 10.8. The summed E-state index contributed by atoms with van der Waals surface area (Å²) in [6, 6.07) is 3.90. The Morgan fingerprint density at radius 2 is 2.10 bits per heavy atom. The third-order valence-corrected chi connectivity index (χ3v) is 3.93. The molecule has 1 aliphatic rings. The van der Waals surface area contributed by atoms with E-state index in [1.807, 2.05) is 13.8 Å². The summed E-state index contributed by atoms with van der Waals surface area (Å²) >= 11 is 0. The van der Waals surface area contributed by atoms with Gasteiger partial charge in [-0.05, 0) is 42.7 Å². The lowest BCUT2D eigenvalue weighted by Gasteiger charge is -2.39. The fraction of sp³-hybridized carbons (Fsp3) is 0.647. The SMILES string of the molecule is CC.CC1CC(C)(C)CCC1NC(=O)c1cccnc1. The van der Waals surface area contributed by atoms with Crippen LogP contribution in [0.3, 0.4) is 0 Å². The molecule has 0 radical (unpaired) electrons. The molecule has 2 unspecified atom stereocenters. The van der Waals surface area contributed by atoms with Gasteiger partial charge >= 0.3 is 0 Å². The van der Waals surface area contributed by atoms with Crippen LogP contribution >= 0.6 is 0 Å². The Balaban J connectivity index is 0.000000956. The van der Waals surface area contributed by atoms with E-state index in [2.05, 4.69) is 31.1 Å². The topological polar surface area (TPSA) is 42.0 Å². The van der Waals surface area contributed by atoms with Crippen molar-refractivity contribution in [3.05, 3.63) is 30.1 Å². The number of hydrogen-bond acceptors (Lipinski definition) is 2. The lowest BCUT2D eigenvalue weighted by Crippen LogP contribution is -2.44. The van der Waals surface area contributed by atoms with Crippen molar-refractivity contribution in [1.82, 2.24) is 10.3 Å². The lowest BCUT2D eigenvalue weighted by atomic mass is 9.70. The van der Waals surface area contributed by atoms with Gasteiger partial charge in [0.15, 0.2) is 0 Å². The van der Waals surface area contributed by atoms with Gasteiger partial charge < -0.3 is 5.32 Å². The molecular formula is C17H28N2O. The zero-order valence-electron chi connectivity index (χ0n) is 13.4. The van der Waals surface area contributed by atoms with E-state index in [-0.39, 0.29) is 5.91 Å². The monoisotopic (exact) mass is 276 g/mol. The average molecular weight is 276 g/mol. The van der Waals surface area contributed by atoms with Gasteiger partial charge in [0.25, 0.3) is 5.91 Å². The molecular weight excluding hydrogens is 248 g/mol. The van der Waals surface area contributed by atoms with E-state index in [4.69, 9.17) is 0 Å². The molecule has 0 bridgehead atoms. The van der Waals surface area contributed by atoms with Gasteiger partial charge in [0.1, 0.15) is 0 Å². The van der Waals surface area contributed by atoms with Crippen molar-refractivity contribution >= 4 is 5.91 Å². The van der Waals surface area contributed by atoms with Gasteiger partial charge in [0, 0.05) is 18.4 Å². The molecule has 1 saturated carbocycles. The molecule has 20 heavy (non-hydrogen) atoms. The first kappa shape index (κ1) is 16.7. The van der Waals surface area contributed by atoms with E-state index in [9.17, 15) is 4.79 Å². The molecule has 3 nitrogen and oxygen atoms in total. The molecule has 0 aromatic carbocycles. The molecule has 1 amide bonds. The molecule has 1 N–H and O–H groups in total. The molecule has 1 aromatic rings. The van der Waals surface area contributed by atoms with Gasteiger partial charge in [-0.3, -0.25) is 9.78 Å². The van der Waals surface area contributed by atoms with Crippen LogP contribution in [0.4, 0.5) is 0 Å². The fourth-order valence-electron chi connectivity index (χ4n) is 2.91. The van der Waals surface area contributed by atoms with Gasteiger partial charge in [-0.25, -0.2) is 0 Å². The first-order valence-corrected chi connectivity index (χ1v) is 7.69. The predicted octanol–water partition coefficient (Wildman–Crippen LogP) is 4.05. The van der Waals surface area contributed by atoms with Crippen molar-refractivity contribution in [3.63, 3.8) is 0 Å². The van der Waals surface area contributed by atoms with Gasteiger partial charge in [-0.15, -0.1) is 0 Å². The highest BCUT2D eigenvalue weighted by atomic mass is 16.1. The second-order valence-corrected chi connectivity index (χ2v) is 6.21. The van der Waals surface area contributed by atoms with Crippen LogP contribution < -0.4 is 5.32 Å². The van der Waals surface area contributed by atoms with Crippen LogP contribution in [-0.4, -0.2) is 16.9 Å². The first-order valence-electron chi connectivity index (χ1n) is 7.69. The molecule has 1 aromatic heterocycles. The van der Waals surface area contributed by atoms with Crippen LogP contribution in [0.25, 0.3) is 0 Å². The molecule has 0 saturated heterocycles. The number of carbonyl (C=O) groups is 1. The summed E-state index contributed by atoms with van der Waals surface area (Å²) in [5.74, 6) is 0.536. The number of nitrogens with one attached hydrogen (secondary N) is 1. The van der Waals surface area contributed by atoms with Gasteiger partial charge in [-0.2, -0.15) is 0 Å². The van der Waals surface area contributed by atoms with Crippen LogP contribution in [0.2, 0.25) is 0 Å². The Labute approximate surface area is 123 Å². The lowest BCUT2D eigenvalue weighted by molar-refractivity contribution is 0.0861. The van der Waals surface area contributed by atoms with E-state index in [1.165, 1.54) is 12.8 Å². The van der Waals surface area contributed by atoms with E-state index in [0.717, 1.165) is 6.42 Å². The third kappa shape index (κ3) is 4.62. The maximum Gasteiger partial charge on any atom is 0.253 e. The molecule has 1 heterocycles. The summed E-state index contributed by atoms with van der Waals surface area (Å²) in [5.41, 5.74) is 1.06. The minimum absolute atomic E-state index is 0.000318. The number of aromatic nitrogens is 1. The zero-order chi connectivity index (χ0) is 15.2. The smallest absolute Gasteiger partial charge is 0.253 e. The molecule has 0 aliphatic heterocycles. The molecule has 1 fully saturated rings. The van der Waals surface area contributed by atoms with Crippen molar-refractivity contribution in [3.8, 4) is 0 Å².